The van der Waals surface area contributed by atoms with E-state index in [0.717, 1.165) is 49.8 Å². The highest BCUT2D eigenvalue weighted by molar-refractivity contribution is 5.69. The second-order valence-electron chi connectivity index (χ2n) is 5.17. The molecule has 2 rings (SSSR count). The van der Waals surface area contributed by atoms with Crippen molar-refractivity contribution in [2.75, 3.05) is 46.9 Å². The average molecular weight is 294 g/mol. The maximum absolute atomic E-state index is 10.7. The van der Waals surface area contributed by atoms with Gasteiger partial charge in [-0.1, -0.05) is 0 Å². The second-order valence-corrected chi connectivity index (χ2v) is 5.17. The van der Waals surface area contributed by atoms with E-state index in [9.17, 15) is 4.79 Å². The van der Waals surface area contributed by atoms with Crippen molar-refractivity contribution in [2.45, 2.75) is 6.54 Å². The molecule has 1 aromatic rings. The molecule has 1 aliphatic rings. The Hall–Kier alpha value is -1.79. The van der Waals surface area contributed by atoms with E-state index in [-0.39, 0.29) is 6.54 Å². The van der Waals surface area contributed by atoms with Gasteiger partial charge in [0, 0.05) is 38.8 Å². The highest BCUT2D eigenvalue weighted by Crippen LogP contribution is 2.23. The number of hydrogen-bond donors (Lipinski definition) is 1. The van der Waals surface area contributed by atoms with E-state index in [1.54, 1.807) is 14.2 Å². The van der Waals surface area contributed by atoms with Gasteiger partial charge in [0.15, 0.2) is 0 Å². The van der Waals surface area contributed by atoms with Gasteiger partial charge in [-0.3, -0.25) is 14.6 Å². The molecule has 1 aromatic carbocycles. The van der Waals surface area contributed by atoms with Crippen LogP contribution in [-0.4, -0.2) is 67.8 Å². The number of rotatable bonds is 6. The fraction of sp³-hybridized carbons (Fsp3) is 0.533. The third-order valence-electron chi connectivity index (χ3n) is 3.64. The Kier molecular flexibility index (Phi) is 5.41. The topological polar surface area (TPSA) is 62.2 Å². The third-order valence-corrected chi connectivity index (χ3v) is 3.64. The summed E-state index contributed by atoms with van der Waals surface area (Å²) in [7, 11) is 3.28. The lowest BCUT2D eigenvalue weighted by atomic mass is 10.1. The summed E-state index contributed by atoms with van der Waals surface area (Å²) in [6.45, 7) is 4.25. The number of piperazine rings is 1. The molecule has 116 valence electrons. The van der Waals surface area contributed by atoms with Gasteiger partial charge in [0.2, 0.25) is 0 Å². The molecule has 0 saturated carbocycles. The predicted molar refractivity (Wildman–Crippen MR) is 78.9 cm³/mol. The smallest absolute Gasteiger partial charge is 0.317 e. The number of methoxy groups -OCH3 is 2. The molecule has 1 N–H and O–H groups in total. The van der Waals surface area contributed by atoms with Crippen LogP contribution < -0.4 is 9.47 Å². The van der Waals surface area contributed by atoms with Crippen molar-refractivity contribution in [3.63, 3.8) is 0 Å². The fourth-order valence-electron chi connectivity index (χ4n) is 2.51. The number of nitrogens with zero attached hydrogens (tertiary/aromatic N) is 2. The van der Waals surface area contributed by atoms with Crippen LogP contribution in [0.15, 0.2) is 18.2 Å². The van der Waals surface area contributed by atoms with Gasteiger partial charge in [0.1, 0.15) is 11.5 Å². The summed E-state index contributed by atoms with van der Waals surface area (Å²) in [5, 5.41) is 8.80. The van der Waals surface area contributed by atoms with Gasteiger partial charge >= 0.3 is 5.97 Å². The van der Waals surface area contributed by atoms with Crippen LogP contribution in [0, 0.1) is 0 Å². The third kappa shape index (κ3) is 4.61. The molecule has 0 unspecified atom stereocenters. The maximum atomic E-state index is 10.7. The van der Waals surface area contributed by atoms with E-state index in [1.807, 2.05) is 23.1 Å². The molecule has 1 fully saturated rings. The van der Waals surface area contributed by atoms with Gasteiger partial charge in [0.25, 0.3) is 0 Å². The summed E-state index contributed by atoms with van der Waals surface area (Å²) in [5.41, 5.74) is 1.14. The number of benzene rings is 1. The van der Waals surface area contributed by atoms with Crippen molar-refractivity contribution in [1.82, 2.24) is 9.80 Å². The summed E-state index contributed by atoms with van der Waals surface area (Å²) < 4.78 is 10.6. The summed E-state index contributed by atoms with van der Waals surface area (Å²) in [6, 6.07) is 5.87. The van der Waals surface area contributed by atoms with Crippen LogP contribution in [0.25, 0.3) is 0 Å². The van der Waals surface area contributed by atoms with Crippen molar-refractivity contribution >= 4 is 5.97 Å². The largest absolute Gasteiger partial charge is 0.497 e. The monoisotopic (exact) mass is 294 g/mol. The molecule has 0 radical (unpaired) electrons. The first-order chi connectivity index (χ1) is 10.1. The van der Waals surface area contributed by atoms with Crippen LogP contribution in [0.2, 0.25) is 0 Å². The van der Waals surface area contributed by atoms with E-state index in [2.05, 4.69) is 4.90 Å². The zero-order chi connectivity index (χ0) is 15.2. The Balaban J connectivity index is 1.92. The van der Waals surface area contributed by atoms with Crippen molar-refractivity contribution in [3.05, 3.63) is 23.8 Å². The van der Waals surface area contributed by atoms with E-state index < -0.39 is 5.97 Å². The predicted octanol–water partition coefficient (Wildman–Crippen LogP) is 0.906. The van der Waals surface area contributed by atoms with Crippen LogP contribution in [0.4, 0.5) is 0 Å². The van der Waals surface area contributed by atoms with E-state index >= 15 is 0 Å². The zero-order valence-electron chi connectivity index (χ0n) is 12.5. The summed E-state index contributed by atoms with van der Waals surface area (Å²) in [6.07, 6.45) is 0. The maximum Gasteiger partial charge on any atom is 0.317 e. The first-order valence-corrected chi connectivity index (χ1v) is 6.99. The van der Waals surface area contributed by atoms with Gasteiger partial charge in [-0.05, 0) is 17.7 Å². The molecule has 0 bridgehead atoms. The number of carbonyl (C=O) groups is 1. The van der Waals surface area contributed by atoms with Gasteiger partial charge in [-0.2, -0.15) is 0 Å². The first kappa shape index (κ1) is 15.6. The Labute approximate surface area is 124 Å². The van der Waals surface area contributed by atoms with Crippen LogP contribution in [0.5, 0.6) is 11.5 Å². The lowest BCUT2D eigenvalue weighted by Crippen LogP contribution is -2.47. The minimum Gasteiger partial charge on any atom is -0.497 e. The molecule has 0 amide bonds. The van der Waals surface area contributed by atoms with Crippen molar-refractivity contribution in [1.29, 1.82) is 0 Å². The Morgan fingerprint density at radius 1 is 1.05 bits per heavy atom. The van der Waals surface area contributed by atoms with Gasteiger partial charge < -0.3 is 14.6 Å². The Bertz CT molecular complexity index is 462. The van der Waals surface area contributed by atoms with E-state index in [0.29, 0.717) is 0 Å². The molecule has 0 aromatic heterocycles. The average Bonchev–Trinajstić information content (AvgIpc) is 2.48. The molecular formula is C15H22N2O4. The number of hydrogen-bond acceptors (Lipinski definition) is 5. The lowest BCUT2D eigenvalue weighted by Gasteiger charge is -2.33. The molecule has 6 heteroatoms. The van der Waals surface area contributed by atoms with Crippen LogP contribution in [0.3, 0.4) is 0 Å². The summed E-state index contributed by atoms with van der Waals surface area (Å²) in [4.78, 5) is 15.0. The summed E-state index contributed by atoms with van der Waals surface area (Å²) >= 11 is 0. The lowest BCUT2D eigenvalue weighted by molar-refractivity contribution is -0.138. The van der Waals surface area contributed by atoms with E-state index in [4.69, 9.17) is 14.6 Å². The highest BCUT2D eigenvalue weighted by atomic mass is 16.5. The van der Waals surface area contributed by atoms with E-state index in [1.165, 1.54) is 0 Å². The van der Waals surface area contributed by atoms with Crippen LogP contribution in [0.1, 0.15) is 5.56 Å². The quantitative estimate of drug-likeness (QED) is 0.841. The molecular weight excluding hydrogens is 272 g/mol. The second kappa shape index (κ2) is 7.28. The summed E-state index contributed by atoms with van der Waals surface area (Å²) in [5.74, 6) is 0.809. The fourth-order valence-corrected chi connectivity index (χ4v) is 2.51. The Morgan fingerprint density at radius 3 is 2.05 bits per heavy atom. The molecule has 1 heterocycles. The molecule has 0 atom stereocenters. The van der Waals surface area contributed by atoms with Gasteiger partial charge in [0.05, 0.1) is 20.8 Å². The number of carboxylic acids is 1. The van der Waals surface area contributed by atoms with Crippen LogP contribution >= 0.6 is 0 Å². The molecule has 21 heavy (non-hydrogen) atoms. The van der Waals surface area contributed by atoms with Gasteiger partial charge in [-0.25, -0.2) is 0 Å². The number of carboxylic acid groups (broad SMARTS) is 1. The minimum atomic E-state index is -0.763. The molecule has 0 aliphatic carbocycles. The molecule has 6 nitrogen and oxygen atoms in total. The molecule has 1 saturated heterocycles. The first-order valence-electron chi connectivity index (χ1n) is 6.99. The SMILES string of the molecule is COc1cc(CN2CCN(CC(=O)O)CC2)cc(OC)c1. The number of aliphatic carboxylic acids is 1. The highest BCUT2D eigenvalue weighted by Gasteiger charge is 2.19. The van der Waals surface area contributed by atoms with Crippen LogP contribution in [-0.2, 0) is 11.3 Å². The zero-order valence-corrected chi connectivity index (χ0v) is 12.5. The van der Waals surface area contributed by atoms with Gasteiger partial charge in [-0.15, -0.1) is 0 Å². The van der Waals surface area contributed by atoms with Crippen molar-refractivity contribution in [2.24, 2.45) is 0 Å². The molecule has 1 aliphatic heterocycles. The van der Waals surface area contributed by atoms with Crippen molar-refractivity contribution < 1.29 is 19.4 Å². The number of ether oxygens (including phenoxy) is 2. The minimum absolute atomic E-state index is 0.126. The normalized spacial score (nSPS) is 16.7. The Morgan fingerprint density at radius 2 is 1.57 bits per heavy atom. The van der Waals surface area contributed by atoms with Crippen molar-refractivity contribution in [3.8, 4) is 11.5 Å². The standard InChI is InChI=1S/C15H22N2O4/c1-20-13-7-12(8-14(9-13)21-2)10-16-3-5-17(6-4-16)11-15(18)19/h7-9H,3-6,10-11H2,1-2H3,(H,18,19). The molecule has 0 spiro atoms.